The van der Waals surface area contributed by atoms with Crippen LogP contribution in [0.2, 0.25) is 0 Å². The predicted octanol–water partition coefficient (Wildman–Crippen LogP) is 3.27. The van der Waals surface area contributed by atoms with Gasteiger partial charge < -0.3 is 0 Å². The number of rotatable bonds is 2. The summed E-state index contributed by atoms with van der Waals surface area (Å²) in [6.07, 6.45) is 1.11. The maximum atomic E-state index is 13.1. The van der Waals surface area contributed by atoms with Gasteiger partial charge in [0.25, 0.3) is 0 Å². The third-order valence-corrected chi connectivity index (χ3v) is 2.27. The molecule has 0 aliphatic rings. The van der Waals surface area contributed by atoms with Crippen LogP contribution in [-0.4, -0.2) is 0 Å². The quantitative estimate of drug-likeness (QED) is 0.660. The number of hydrogen-bond donors (Lipinski definition) is 0. The van der Waals surface area contributed by atoms with Crippen molar-refractivity contribution in [1.82, 2.24) is 0 Å². The summed E-state index contributed by atoms with van der Waals surface area (Å²) in [5, 5.41) is 0. The topological polar surface area (TPSA) is 0 Å². The second kappa shape index (κ2) is 3.86. The molecule has 0 heterocycles. The minimum absolute atomic E-state index is 0.484. The van der Waals surface area contributed by atoms with Crippen LogP contribution in [0.15, 0.2) is 6.07 Å². The van der Waals surface area contributed by atoms with E-state index in [0.717, 1.165) is 6.07 Å². The highest BCUT2D eigenvalue weighted by Gasteiger charge is 2.12. The summed E-state index contributed by atoms with van der Waals surface area (Å²) in [5.41, 5.74) is 1.57. The third kappa shape index (κ3) is 1.71. The summed E-state index contributed by atoms with van der Waals surface area (Å²) in [5.74, 6) is -0.968. The van der Waals surface area contributed by atoms with Crippen LogP contribution in [0, 0.1) is 18.6 Å². The lowest BCUT2D eigenvalue weighted by Gasteiger charge is -2.10. The molecule has 1 radical (unpaired) electrons. The van der Waals surface area contributed by atoms with Gasteiger partial charge in [-0.25, -0.2) is 8.78 Å². The molecule has 0 aromatic heterocycles. The Bertz CT molecular complexity index is 288. The van der Waals surface area contributed by atoms with Crippen LogP contribution in [0.25, 0.3) is 0 Å². The van der Waals surface area contributed by atoms with E-state index >= 15 is 0 Å². The highest BCUT2D eigenvalue weighted by Crippen LogP contribution is 2.21. The molecule has 0 aliphatic heterocycles. The van der Waals surface area contributed by atoms with Gasteiger partial charge in [0.15, 0.2) is 0 Å². The van der Waals surface area contributed by atoms with Crippen LogP contribution in [0.3, 0.4) is 0 Å². The molecular formula is C11H13F2. The fourth-order valence-electron chi connectivity index (χ4n) is 1.52. The van der Waals surface area contributed by atoms with Crippen molar-refractivity contribution in [3.63, 3.8) is 0 Å². The number of benzene rings is 1. The predicted molar refractivity (Wildman–Crippen MR) is 49.6 cm³/mol. The van der Waals surface area contributed by atoms with Crippen molar-refractivity contribution in [1.29, 1.82) is 0 Å². The molecule has 0 spiro atoms. The van der Waals surface area contributed by atoms with Gasteiger partial charge in [0.05, 0.1) is 0 Å². The summed E-state index contributed by atoms with van der Waals surface area (Å²) in [6.45, 7) is 7.38. The van der Waals surface area contributed by atoms with Gasteiger partial charge in [0.2, 0.25) is 0 Å². The molecule has 0 fully saturated rings. The van der Waals surface area contributed by atoms with Crippen LogP contribution in [-0.2, 0) is 12.8 Å². The van der Waals surface area contributed by atoms with Crippen LogP contribution in [0.1, 0.15) is 30.5 Å². The van der Waals surface area contributed by atoms with E-state index in [9.17, 15) is 8.78 Å². The SMILES string of the molecule is [CH2]c1c(CC)c(F)cc(F)c1CC. The zero-order valence-electron chi connectivity index (χ0n) is 7.95. The summed E-state index contributed by atoms with van der Waals surface area (Å²) >= 11 is 0. The Kier molecular flexibility index (Phi) is 3.02. The summed E-state index contributed by atoms with van der Waals surface area (Å²) < 4.78 is 26.3. The fraction of sp³-hybridized carbons (Fsp3) is 0.364. The Morgan fingerprint density at radius 1 is 1.08 bits per heavy atom. The van der Waals surface area contributed by atoms with Gasteiger partial charge in [-0.3, -0.25) is 0 Å². The molecule has 0 saturated carbocycles. The van der Waals surface area contributed by atoms with Crippen LogP contribution >= 0.6 is 0 Å². The van der Waals surface area contributed by atoms with Gasteiger partial charge in [-0.15, -0.1) is 0 Å². The second-order valence-corrected chi connectivity index (χ2v) is 2.98. The molecule has 0 atom stereocenters. The van der Waals surface area contributed by atoms with Crippen molar-refractivity contribution in [2.75, 3.05) is 0 Å². The van der Waals surface area contributed by atoms with E-state index in [-0.39, 0.29) is 0 Å². The number of hydrogen-bond acceptors (Lipinski definition) is 0. The highest BCUT2D eigenvalue weighted by molar-refractivity contribution is 5.39. The van der Waals surface area contributed by atoms with Gasteiger partial charge in [-0.05, 0) is 36.5 Å². The smallest absolute Gasteiger partial charge is 0.129 e. The monoisotopic (exact) mass is 183 g/mol. The van der Waals surface area contributed by atoms with Gasteiger partial charge in [0.1, 0.15) is 11.6 Å². The van der Waals surface area contributed by atoms with E-state index in [2.05, 4.69) is 6.92 Å². The lowest BCUT2D eigenvalue weighted by molar-refractivity contribution is 0.563. The average Bonchev–Trinajstić information content (AvgIpc) is 2.04. The Hall–Kier alpha value is -0.920. The largest absolute Gasteiger partial charge is 0.207 e. The molecule has 1 aromatic rings. The van der Waals surface area contributed by atoms with E-state index in [4.69, 9.17) is 0 Å². The van der Waals surface area contributed by atoms with Crippen LogP contribution < -0.4 is 0 Å². The Morgan fingerprint density at radius 3 is 1.77 bits per heavy atom. The minimum Gasteiger partial charge on any atom is -0.207 e. The first-order valence-corrected chi connectivity index (χ1v) is 4.43. The average molecular weight is 183 g/mol. The van der Waals surface area contributed by atoms with E-state index in [1.165, 1.54) is 0 Å². The molecule has 0 N–H and O–H groups in total. The lowest BCUT2D eigenvalue weighted by Crippen LogP contribution is -2.01. The van der Waals surface area contributed by atoms with Crippen molar-refractivity contribution in [2.45, 2.75) is 26.7 Å². The first-order valence-electron chi connectivity index (χ1n) is 4.43. The molecule has 0 saturated heterocycles. The maximum Gasteiger partial charge on any atom is 0.129 e. The van der Waals surface area contributed by atoms with Crippen molar-refractivity contribution < 1.29 is 8.78 Å². The third-order valence-electron chi connectivity index (χ3n) is 2.27. The zero-order chi connectivity index (χ0) is 10.0. The van der Waals surface area contributed by atoms with Crippen molar-refractivity contribution in [3.8, 4) is 0 Å². The molecule has 1 aromatic carbocycles. The molecule has 0 aliphatic carbocycles. The van der Waals surface area contributed by atoms with Gasteiger partial charge in [0, 0.05) is 6.07 Å². The first-order chi connectivity index (χ1) is 6.11. The normalized spacial score (nSPS) is 10.5. The van der Waals surface area contributed by atoms with Crippen LogP contribution in [0.4, 0.5) is 8.78 Å². The maximum absolute atomic E-state index is 13.1. The van der Waals surface area contributed by atoms with Gasteiger partial charge >= 0.3 is 0 Å². The van der Waals surface area contributed by atoms with Gasteiger partial charge in [-0.2, -0.15) is 0 Å². The zero-order valence-corrected chi connectivity index (χ0v) is 7.95. The second-order valence-electron chi connectivity index (χ2n) is 2.98. The Morgan fingerprint density at radius 2 is 1.46 bits per heavy atom. The van der Waals surface area contributed by atoms with Gasteiger partial charge in [-0.1, -0.05) is 13.8 Å². The highest BCUT2D eigenvalue weighted by atomic mass is 19.1. The molecule has 0 bridgehead atoms. The van der Waals surface area contributed by atoms with E-state index < -0.39 is 11.6 Å². The molecule has 0 amide bonds. The fourth-order valence-corrected chi connectivity index (χ4v) is 1.52. The van der Waals surface area contributed by atoms with Crippen molar-refractivity contribution in [3.05, 3.63) is 41.3 Å². The Balaban J connectivity index is 3.39. The van der Waals surface area contributed by atoms with E-state index in [0.29, 0.717) is 29.5 Å². The molecule has 2 heteroatoms. The molecule has 1 rings (SSSR count). The summed E-state index contributed by atoms with van der Waals surface area (Å²) in [4.78, 5) is 0. The minimum atomic E-state index is -0.484. The molecule has 71 valence electrons. The van der Waals surface area contributed by atoms with Crippen LogP contribution in [0.5, 0.6) is 0 Å². The van der Waals surface area contributed by atoms with Crippen molar-refractivity contribution >= 4 is 0 Å². The first kappa shape index (κ1) is 10.2. The van der Waals surface area contributed by atoms with E-state index in [1.54, 1.807) is 0 Å². The molecular weight excluding hydrogens is 170 g/mol. The Labute approximate surface area is 77.6 Å². The molecule has 13 heavy (non-hydrogen) atoms. The van der Waals surface area contributed by atoms with Crippen molar-refractivity contribution in [2.24, 2.45) is 0 Å². The number of halogens is 2. The molecule has 0 unspecified atom stereocenters. The lowest BCUT2D eigenvalue weighted by atomic mass is 9.98. The summed E-state index contributed by atoms with van der Waals surface area (Å²) in [7, 11) is 0. The summed E-state index contributed by atoms with van der Waals surface area (Å²) in [6, 6.07) is 0.951. The molecule has 0 nitrogen and oxygen atoms in total. The van der Waals surface area contributed by atoms with E-state index in [1.807, 2.05) is 13.8 Å². The standard InChI is InChI=1S/C11H13F2/c1-4-8-7(3)9(5-2)11(13)6-10(8)12/h6H,3-5H2,1-2H3.